The molecule has 0 spiro atoms. The molecule has 166 valence electrons. The van der Waals surface area contributed by atoms with Crippen LogP contribution in [0.15, 0.2) is 90.0 Å². The van der Waals surface area contributed by atoms with E-state index in [-0.39, 0.29) is 10.0 Å². The highest BCUT2D eigenvalue weighted by Gasteiger charge is 2.25. The molecule has 0 fully saturated rings. The molecule has 2 aromatic heterocycles. The van der Waals surface area contributed by atoms with E-state index in [1.165, 1.54) is 17.5 Å². The third-order valence-electron chi connectivity index (χ3n) is 4.93. The Labute approximate surface area is 195 Å². The van der Waals surface area contributed by atoms with Crippen LogP contribution < -0.4 is 9.46 Å². The summed E-state index contributed by atoms with van der Waals surface area (Å²) in [6.07, 6.45) is 1.53. The van der Waals surface area contributed by atoms with Gasteiger partial charge in [-0.3, -0.25) is 4.72 Å². The number of hydrogen-bond acceptors (Lipinski definition) is 6. The lowest BCUT2D eigenvalue weighted by atomic mass is 10.2. The van der Waals surface area contributed by atoms with Crippen LogP contribution in [0.5, 0.6) is 5.75 Å². The Morgan fingerprint density at radius 1 is 1.00 bits per heavy atom. The van der Waals surface area contributed by atoms with Gasteiger partial charge in [0.2, 0.25) is 0 Å². The Bertz CT molecular complexity index is 1510. The zero-order chi connectivity index (χ0) is 22.8. The second kappa shape index (κ2) is 8.68. The first-order valence-corrected chi connectivity index (χ1v) is 12.6. The topological polar surface area (TPSA) is 86.1 Å². The Kier molecular flexibility index (Phi) is 5.57. The van der Waals surface area contributed by atoms with Gasteiger partial charge in [0.05, 0.1) is 28.7 Å². The van der Waals surface area contributed by atoms with Crippen molar-refractivity contribution in [2.75, 3.05) is 11.3 Å². The number of ether oxygens (including phenoxy) is 1. The van der Waals surface area contributed by atoms with E-state index in [9.17, 15) is 8.42 Å². The van der Waals surface area contributed by atoms with E-state index in [0.717, 1.165) is 16.1 Å². The number of thiazole rings is 1. The largest absolute Gasteiger partial charge is 0.494 e. The lowest BCUT2D eigenvalue weighted by Crippen LogP contribution is -2.13. The number of fused-ring (bicyclic) bond motifs is 1. The van der Waals surface area contributed by atoms with Crippen molar-refractivity contribution in [3.63, 3.8) is 0 Å². The summed E-state index contributed by atoms with van der Waals surface area (Å²) in [7, 11) is -3.96. The van der Waals surface area contributed by atoms with Crippen molar-refractivity contribution < 1.29 is 13.2 Å². The van der Waals surface area contributed by atoms with E-state index in [1.54, 1.807) is 4.68 Å². The summed E-state index contributed by atoms with van der Waals surface area (Å²) in [5.74, 6) is 0.721. The van der Waals surface area contributed by atoms with Crippen molar-refractivity contribution in [3.8, 4) is 22.7 Å². The van der Waals surface area contributed by atoms with E-state index in [2.05, 4.69) is 14.8 Å². The average molecular weight is 477 g/mol. The molecule has 0 unspecified atom stereocenters. The van der Waals surface area contributed by atoms with Crippen molar-refractivity contribution in [1.82, 2.24) is 14.8 Å². The van der Waals surface area contributed by atoms with Gasteiger partial charge in [0.1, 0.15) is 16.3 Å². The van der Waals surface area contributed by atoms with E-state index < -0.39 is 10.0 Å². The van der Waals surface area contributed by atoms with Crippen molar-refractivity contribution in [1.29, 1.82) is 0 Å². The summed E-state index contributed by atoms with van der Waals surface area (Å²) in [4.78, 5) is 4.51. The Morgan fingerprint density at radius 3 is 2.45 bits per heavy atom. The predicted molar refractivity (Wildman–Crippen MR) is 131 cm³/mol. The first-order valence-electron chi connectivity index (χ1n) is 10.3. The second-order valence-electron chi connectivity index (χ2n) is 7.18. The van der Waals surface area contributed by atoms with Crippen LogP contribution in [0.25, 0.3) is 27.2 Å². The number of hydrogen-bond donors (Lipinski definition) is 1. The third-order valence-corrected chi connectivity index (χ3v) is 7.33. The van der Waals surface area contributed by atoms with Gasteiger partial charge in [-0.15, -0.1) is 0 Å². The molecule has 0 aliphatic heterocycles. The number of para-hydroxylation sites is 1. The number of anilines is 1. The molecule has 5 aromatic rings. The standard InChI is InChI=1S/C24H20N4O3S2/c1-2-31-19-13-14-20-21(15-19)32-24(25-20)27-33(29,30)22-16-28(18-11-7-4-8-12-18)26-23(22)17-9-5-3-6-10-17/h3-16H,2H2,1H3,(H,25,27). The Balaban J connectivity index is 1.56. The van der Waals surface area contributed by atoms with Crippen LogP contribution >= 0.6 is 11.3 Å². The molecule has 3 aromatic carbocycles. The smallest absolute Gasteiger partial charge is 0.267 e. The Morgan fingerprint density at radius 2 is 1.73 bits per heavy atom. The quantitative estimate of drug-likeness (QED) is 0.342. The summed E-state index contributed by atoms with van der Waals surface area (Å²) in [5.41, 5.74) is 2.54. The van der Waals surface area contributed by atoms with Crippen LogP contribution in [0.1, 0.15) is 6.92 Å². The summed E-state index contributed by atoms with van der Waals surface area (Å²) in [6, 6.07) is 24.1. The van der Waals surface area contributed by atoms with E-state index in [4.69, 9.17) is 4.74 Å². The van der Waals surface area contributed by atoms with Crippen LogP contribution in [-0.2, 0) is 10.0 Å². The third kappa shape index (κ3) is 4.33. The highest BCUT2D eigenvalue weighted by Crippen LogP contribution is 2.33. The van der Waals surface area contributed by atoms with Gasteiger partial charge in [-0.1, -0.05) is 59.9 Å². The first-order chi connectivity index (χ1) is 16.0. The highest BCUT2D eigenvalue weighted by molar-refractivity contribution is 7.93. The van der Waals surface area contributed by atoms with Gasteiger partial charge in [0.15, 0.2) is 5.13 Å². The lowest BCUT2D eigenvalue weighted by Gasteiger charge is -2.05. The molecule has 0 aliphatic rings. The Hall–Kier alpha value is -3.69. The molecule has 0 saturated carbocycles. The van der Waals surface area contributed by atoms with Crippen molar-refractivity contribution in [2.24, 2.45) is 0 Å². The minimum Gasteiger partial charge on any atom is -0.494 e. The average Bonchev–Trinajstić information content (AvgIpc) is 3.44. The van der Waals surface area contributed by atoms with Gasteiger partial charge < -0.3 is 4.74 Å². The molecular weight excluding hydrogens is 456 g/mol. The van der Waals surface area contributed by atoms with Crippen LogP contribution in [0.3, 0.4) is 0 Å². The van der Waals surface area contributed by atoms with Crippen LogP contribution in [0.4, 0.5) is 5.13 Å². The van der Waals surface area contributed by atoms with Gasteiger partial charge >= 0.3 is 0 Å². The van der Waals surface area contributed by atoms with E-state index >= 15 is 0 Å². The van der Waals surface area contributed by atoms with Crippen molar-refractivity contribution in [3.05, 3.63) is 85.1 Å². The molecule has 2 heterocycles. The molecular formula is C24H20N4O3S2. The molecule has 0 bridgehead atoms. The highest BCUT2D eigenvalue weighted by atomic mass is 32.2. The molecule has 1 N–H and O–H groups in total. The summed E-state index contributed by atoms with van der Waals surface area (Å²) in [6.45, 7) is 2.47. The molecule has 0 saturated heterocycles. The molecule has 0 radical (unpaired) electrons. The molecule has 0 aliphatic carbocycles. The van der Waals surface area contributed by atoms with Crippen LogP contribution in [0, 0.1) is 0 Å². The van der Waals surface area contributed by atoms with Gasteiger partial charge in [0.25, 0.3) is 10.0 Å². The summed E-state index contributed by atoms with van der Waals surface area (Å²) in [5, 5.41) is 4.88. The van der Waals surface area contributed by atoms with Gasteiger partial charge in [-0.05, 0) is 37.3 Å². The maximum Gasteiger partial charge on any atom is 0.267 e. The SMILES string of the molecule is CCOc1ccc2nc(NS(=O)(=O)c3cn(-c4ccccc4)nc3-c3ccccc3)sc2c1. The van der Waals surface area contributed by atoms with Crippen LogP contribution in [0.2, 0.25) is 0 Å². The van der Waals surface area contributed by atoms with Crippen LogP contribution in [-0.4, -0.2) is 29.8 Å². The molecule has 0 amide bonds. The molecule has 9 heteroatoms. The molecule has 0 atom stereocenters. The maximum absolute atomic E-state index is 13.5. The minimum absolute atomic E-state index is 0.0758. The monoisotopic (exact) mass is 476 g/mol. The number of aromatic nitrogens is 3. The fraction of sp³-hybridized carbons (Fsp3) is 0.0833. The van der Waals surface area contributed by atoms with E-state index in [0.29, 0.717) is 23.4 Å². The number of rotatable bonds is 7. The number of benzene rings is 3. The van der Waals surface area contributed by atoms with Gasteiger partial charge in [-0.25, -0.2) is 18.1 Å². The molecule has 7 nitrogen and oxygen atoms in total. The normalized spacial score (nSPS) is 11.5. The fourth-order valence-electron chi connectivity index (χ4n) is 3.44. The second-order valence-corrected chi connectivity index (χ2v) is 9.86. The predicted octanol–water partition coefficient (Wildman–Crippen LogP) is 5.35. The lowest BCUT2D eigenvalue weighted by molar-refractivity contribution is 0.341. The van der Waals surface area contributed by atoms with Gasteiger partial charge in [-0.2, -0.15) is 5.10 Å². The summed E-state index contributed by atoms with van der Waals surface area (Å²) < 4.78 is 37.5. The zero-order valence-corrected chi connectivity index (χ0v) is 19.3. The first kappa shape index (κ1) is 21.2. The maximum atomic E-state index is 13.5. The molecule has 5 rings (SSSR count). The minimum atomic E-state index is -3.96. The van der Waals surface area contributed by atoms with E-state index in [1.807, 2.05) is 85.8 Å². The number of nitrogens with zero attached hydrogens (tertiary/aromatic N) is 3. The van der Waals surface area contributed by atoms with Crippen molar-refractivity contribution in [2.45, 2.75) is 11.8 Å². The fourth-order valence-corrected chi connectivity index (χ4v) is 5.72. The van der Waals surface area contributed by atoms with Crippen molar-refractivity contribution >= 4 is 36.7 Å². The number of nitrogens with one attached hydrogen (secondary N) is 1. The summed E-state index contributed by atoms with van der Waals surface area (Å²) >= 11 is 1.26. The molecule has 33 heavy (non-hydrogen) atoms. The number of sulfonamides is 1. The zero-order valence-electron chi connectivity index (χ0n) is 17.7. The van der Waals surface area contributed by atoms with Gasteiger partial charge in [0, 0.05) is 5.56 Å².